The van der Waals surface area contributed by atoms with Crippen molar-refractivity contribution in [3.63, 3.8) is 0 Å². The molecule has 0 aliphatic carbocycles. The fourth-order valence-corrected chi connectivity index (χ4v) is 4.56. The summed E-state index contributed by atoms with van der Waals surface area (Å²) in [5.41, 5.74) is 1.06. The molecule has 0 saturated carbocycles. The van der Waals surface area contributed by atoms with E-state index >= 15 is 0 Å². The first-order chi connectivity index (χ1) is 11.3. The SMILES string of the molecule is CN=C(NCc1sc(C)nc1C)NCC1CCN(S(C)(=O)=O)CC1. The van der Waals surface area contributed by atoms with E-state index in [1.807, 2.05) is 13.8 Å². The van der Waals surface area contributed by atoms with E-state index in [0.29, 0.717) is 25.6 Å². The average molecular weight is 374 g/mol. The third-order valence-corrected chi connectivity index (χ3v) is 6.62. The van der Waals surface area contributed by atoms with Crippen LogP contribution >= 0.6 is 11.3 Å². The van der Waals surface area contributed by atoms with Gasteiger partial charge in [0.25, 0.3) is 0 Å². The van der Waals surface area contributed by atoms with Crippen LogP contribution in [0.1, 0.15) is 28.4 Å². The van der Waals surface area contributed by atoms with Gasteiger partial charge in [-0.2, -0.15) is 0 Å². The Hall–Kier alpha value is -1.19. The summed E-state index contributed by atoms with van der Waals surface area (Å²) in [6, 6.07) is 0. The van der Waals surface area contributed by atoms with Crippen molar-refractivity contribution >= 4 is 27.3 Å². The lowest BCUT2D eigenvalue weighted by atomic mass is 9.98. The predicted molar refractivity (Wildman–Crippen MR) is 98.9 cm³/mol. The molecule has 1 aliphatic rings. The molecule has 0 atom stereocenters. The van der Waals surface area contributed by atoms with E-state index in [4.69, 9.17) is 0 Å². The van der Waals surface area contributed by atoms with E-state index < -0.39 is 10.0 Å². The maximum Gasteiger partial charge on any atom is 0.211 e. The van der Waals surface area contributed by atoms with Gasteiger partial charge in [-0.3, -0.25) is 4.99 Å². The Morgan fingerprint density at radius 2 is 2.00 bits per heavy atom. The second-order valence-corrected chi connectivity index (χ2v) is 9.42. The molecule has 0 radical (unpaired) electrons. The summed E-state index contributed by atoms with van der Waals surface area (Å²) in [7, 11) is -1.30. The van der Waals surface area contributed by atoms with Gasteiger partial charge in [-0.15, -0.1) is 11.3 Å². The summed E-state index contributed by atoms with van der Waals surface area (Å²) in [5, 5.41) is 7.73. The van der Waals surface area contributed by atoms with Gasteiger partial charge in [-0.1, -0.05) is 0 Å². The summed E-state index contributed by atoms with van der Waals surface area (Å²) in [4.78, 5) is 9.90. The Balaban J connectivity index is 1.75. The molecule has 1 fully saturated rings. The minimum absolute atomic E-state index is 0.467. The number of hydrogen-bond acceptors (Lipinski definition) is 5. The van der Waals surface area contributed by atoms with Crippen LogP contribution in [-0.2, 0) is 16.6 Å². The third kappa shape index (κ3) is 5.42. The normalized spacial score (nSPS) is 17.9. The van der Waals surface area contributed by atoms with Crippen molar-refractivity contribution in [2.45, 2.75) is 33.2 Å². The highest BCUT2D eigenvalue weighted by Crippen LogP contribution is 2.18. The highest BCUT2D eigenvalue weighted by atomic mass is 32.2. The minimum Gasteiger partial charge on any atom is -0.356 e. The Morgan fingerprint density at radius 3 is 2.50 bits per heavy atom. The van der Waals surface area contributed by atoms with Gasteiger partial charge in [0.2, 0.25) is 10.0 Å². The van der Waals surface area contributed by atoms with Gasteiger partial charge in [-0.25, -0.2) is 17.7 Å². The quantitative estimate of drug-likeness (QED) is 0.596. The number of thiazole rings is 1. The van der Waals surface area contributed by atoms with Gasteiger partial charge in [-0.05, 0) is 32.6 Å². The molecule has 2 heterocycles. The van der Waals surface area contributed by atoms with E-state index in [9.17, 15) is 8.42 Å². The van der Waals surface area contributed by atoms with Crippen LogP contribution in [0.4, 0.5) is 0 Å². The average Bonchev–Trinajstić information content (AvgIpc) is 2.85. The number of nitrogens with one attached hydrogen (secondary N) is 2. The van der Waals surface area contributed by atoms with Crippen LogP contribution in [0.25, 0.3) is 0 Å². The summed E-state index contributed by atoms with van der Waals surface area (Å²) in [5.74, 6) is 1.24. The molecule has 1 saturated heterocycles. The first kappa shape index (κ1) is 19.1. The Bertz CT molecular complexity index is 676. The van der Waals surface area contributed by atoms with E-state index in [2.05, 4.69) is 20.6 Å². The Morgan fingerprint density at radius 1 is 1.33 bits per heavy atom. The molecule has 2 rings (SSSR count). The van der Waals surface area contributed by atoms with Crippen molar-refractivity contribution in [2.24, 2.45) is 10.9 Å². The van der Waals surface area contributed by atoms with Crippen LogP contribution in [-0.4, -0.2) is 56.6 Å². The van der Waals surface area contributed by atoms with Crippen molar-refractivity contribution in [1.82, 2.24) is 19.9 Å². The zero-order valence-corrected chi connectivity index (χ0v) is 16.4. The molecule has 1 aromatic rings. The third-order valence-electron chi connectivity index (χ3n) is 4.24. The van der Waals surface area contributed by atoms with E-state index in [1.165, 1.54) is 11.1 Å². The fourth-order valence-electron chi connectivity index (χ4n) is 2.81. The predicted octanol–water partition coefficient (Wildman–Crippen LogP) is 1.10. The molecule has 136 valence electrons. The molecule has 7 nitrogen and oxygen atoms in total. The van der Waals surface area contributed by atoms with Gasteiger partial charge in [0.1, 0.15) is 0 Å². The standard InChI is InChI=1S/C15H27N5O2S2/c1-11-14(23-12(2)19-11)10-18-15(16-3)17-9-13-5-7-20(8-6-13)24(4,21)22/h13H,5-10H2,1-4H3,(H2,16,17,18). The number of aromatic nitrogens is 1. The largest absolute Gasteiger partial charge is 0.356 e. The number of guanidine groups is 1. The second kappa shape index (κ2) is 8.26. The van der Waals surface area contributed by atoms with Crippen LogP contribution in [0.2, 0.25) is 0 Å². The smallest absolute Gasteiger partial charge is 0.211 e. The summed E-state index contributed by atoms with van der Waals surface area (Å²) < 4.78 is 24.6. The second-order valence-electron chi connectivity index (χ2n) is 6.15. The lowest BCUT2D eigenvalue weighted by Gasteiger charge is -2.30. The number of hydrogen-bond donors (Lipinski definition) is 2. The molecule has 1 aromatic heterocycles. The van der Waals surface area contributed by atoms with Gasteiger partial charge in [0.15, 0.2) is 5.96 Å². The lowest BCUT2D eigenvalue weighted by Crippen LogP contribution is -2.43. The Labute approximate surface area is 148 Å². The zero-order valence-electron chi connectivity index (χ0n) is 14.8. The van der Waals surface area contributed by atoms with E-state index in [0.717, 1.165) is 36.0 Å². The number of aryl methyl sites for hydroxylation is 2. The lowest BCUT2D eigenvalue weighted by molar-refractivity contribution is 0.275. The van der Waals surface area contributed by atoms with Gasteiger partial charge < -0.3 is 10.6 Å². The van der Waals surface area contributed by atoms with Crippen LogP contribution in [0.3, 0.4) is 0 Å². The van der Waals surface area contributed by atoms with Crippen molar-refractivity contribution < 1.29 is 8.42 Å². The first-order valence-electron chi connectivity index (χ1n) is 8.12. The minimum atomic E-state index is -3.05. The summed E-state index contributed by atoms with van der Waals surface area (Å²) in [6.45, 7) is 6.76. The van der Waals surface area contributed by atoms with Crippen LogP contribution in [0.5, 0.6) is 0 Å². The van der Waals surface area contributed by atoms with Crippen LogP contribution in [0, 0.1) is 19.8 Å². The van der Waals surface area contributed by atoms with Gasteiger partial charge in [0, 0.05) is 31.6 Å². The maximum atomic E-state index is 11.5. The molecule has 0 unspecified atom stereocenters. The molecule has 9 heteroatoms. The molecule has 0 bridgehead atoms. The number of aliphatic imine (C=N–C) groups is 1. The molecule has 0 spiro atoms. The molecule has 1 aliphatic heterocycles. The van der Waals surface area contributed by atoms with Gasteiger partial charge in [0.05, 0.1) is 23.5 Å². The molecule has 0 aromatic carbocycles. The van der Waals surface area contributed by atoms with Crippen LogP contribution in [0.15, 0.2) is 4.99 Å². The summed E-state index contributed by atoms with van der Waals surface area (Å²) in [6.07, 6.45) is 3.04. The maximum absolute atomic E-state index is 11.5. The van der Waals surface area contributed by atoms with Gasteiger partial charge >= 0.3 is 0 Å². The number of piperidine rings is 1. The first-order valence-corrected chi connectivity index (χ1v) is 10.8. The topological polar surface area (TPSA) is 86.7 Å². The molecular weight excluding hydrogens is 346 g/mol. The number of nitrogens with zero attached hydrogens (tertiary/aromatic N) is 3. The molecule has 2 N–H and O–H groups in total. The van der Waals surface area contributed by atoms with Crippen molar-refractivity contribution in [3.8, 4) is 0 Å². The van der Waals surface area contributed by atoms with Crippen molar-refractivity contribution in [1.29, 1.82) is 0 Å². The number of sulfonamides is 1. The van der Waals surface area contributed by atoms with E-state index in [1.54, 1.807) is 22.7 Å². The Kier molecular flexibility index (Phi) is 6.59. The summed E-state index contributed by atoms with van der Waals surface area (Å²) >= 11 is 1.70. The number of rotatable bonds is 5. The van der Waals surface area contributed by atoms with E-state index in [-0.39, 0.29) is 0 Å². The van der Waals surface area contributed by atoms with Crippen molar-refractivity contribution in [2.75, 3.05) is 32.9 Å². The fraction of sp³-hybridized carbons (Fsp3) is 0.733. The molecule has 0 amide bonds. The molecule has 24 heavy (non-hydrogen) atoms. The molecular formula is C15H27N5O2S2. The highest BCUT2D eigenvalue weighted by Gasteiger charge is 2.24. The van der Waals surface area contributed by atoms with Crippen molar-refractivity contribution in [3.05, 3.63) is 15.6 Å². The van der Waals surface area contributed by atoms with Crippen LogP contribution < -0.4 is 10.6 Å². The highest BCUT2D eigenvalue weighted by molar-refractivity contribution is 7.88. The monoisotopic (exact) mass is 373 g/mol. The zero-order chi connectivity index (χ0) is 17.7.